The van der Waals surface area contributed by atoms with Crippen molar-refractivity contribution in [2.24, 2.45) is 0 Å². The Morgan fingerprint density at radius 1 is 1.05 bits per heavy atom. The number of para-hydroxylation sites is 1. The number of aliphatic hydroxyl groups is 1. The number of imidazole rings is 1. The van der Waals surface area contributed by atoms with Crippen molar-refractivity contribution >= 4 is 32.8 Å². The number of β-amino-alcohol motifs (C(OH)–C–C–N with tert-alkyl or cyclic N) is 1. The second-order valence-electron chi connectivity index (χ2n) is 9.32. The average molecular weight is 524 g/mol. The third-order valence-electron chi connectivity index (χ3n) is 6.05. The molecule has 0 fully saturated rings. The normalized spacial score (nSPS) is 12.9. The van der Waals surface area contributed by atoms with Crippen LogP contribution in [0.4, 0.5) is 5.69 Å². The fourth-order valence-corrected chi connectivity index (χ4v) is 4.99. The van der Waals surface area contributed by atoms with Crippen LogP contribution in [0.2, 0.25) is 0 Å². The monoisotopic (exact) mass is 523 g/mol. The molecule has 37 heavy (non-hydrogen) atoms. The lowest BCUT2D eigenvalue weighted by Crippen LogP contribution is -2.42. The highest BCUT2D eigenvalue weighted by atomic mass is 32.2. The summed E-state index contributed by atoms with van der Waals surface area (Å²) in [5.74, 6) is -1.10. The second-order valence-corrected chi connectivity index (χ2v) is 11.0. The van der Waals surface area contributed by atoms with Crippen molar-refractivity contribution in [1.29, 1.82) is 0 Å². The van der Waals surface area contributed by atoms with E-state index in [2.05, 4.69) is 20.0 Å². The third kappa shape index (κ3) is 6.31. The SMILES string of the molecule is CC(C)(CCn1cnc2ccc(C(=O)O)nc21)NCC(O)c1ccccc1NS(=O)(=O)c1ccccc1. The number of carboxylic acids is 1. The summed E-state index contributed by atoms with van der Waals surface area (Å²) in [4.78, 5) is 19.9. The number of carboxylic acid groups (broad SMARTS) is 1. The van der Waals surface area contributed by atoms with Gasteiger partial charge in [-0.3, -0.25) is 4.72 Å². The molecule has 2 aromatic heterocycles. The van der Waals surface area contributed by atoms with Crippen LogP contribution in [0.15, 0.2) is 78.0 Å². The number of hydrogen-bond acceptors (Lipinski definition) is 7. The van der Waals surface area contributed by atoms with E-state index in [1.54, 1.807) is 59.4 Å². The summed E-state index contributed by atoms with van der Waals surface area (Å²) in [5.41, 5.74) is 1.41. The van der Waals surface area contributed by atoms with Gasteiger partial charge in [0.25, 0.3) is 10.0 Å². The zero-order valence-corrected chi connectivity index (χ0v) is 21.3. The molecule has 1 unspecified atom stereocenters. The van der Waals surface area contributed by atoms with Gasteiger partial charge in [0.2, 0.25) is 0 Å². The predicted octanol–water partition coefficient (Wildman–Crippen LogP) is 3.42. The number of hydrogen-bond donors (Lipinski definition) is 4. The van der Waals surface area contributed by atoms with Crippen LogP contribution in [0, 0.1) is 0 Å². The number of sulfonamides is 1. The number of anilines is 1. The molecule has 0 aliphatic heterocycles. The van der Waals surface area contributed by atoms with Gasteiger partial charge in [-0.05, 0) is 50.6 Å². The molecule has 0 saturated heterocycles. The van der Waals surface area contributed by atoms with Gasteiger partial charge in [-0.25, -0.2) is 23.2 Å². The molecule has 2 aromatic carbocycles. The van der Waals surface area contributed by atoms with E-state index >= 15 is 0 Å². The number of pyridine rings is 1. The summed E-state index contributed by atoms with van der Waals surface area (Å²) in [6.45, 7) is 4.68. The maximum absolute atomic E-state index is 12.8. The first-order chi connectivity index (χ1) is 17.6. The smallest absolute Gasteiger partial charge is 0.354 e. The third-order valence-corrected chi connectivity index (χ3v) is 7.43. The van der Waals surface area contributed by atoms with Crippen molar-refractivity contribution in [3.05, 3.63) is 84.3 Å². The summed E-state index contributed by atoms with van der Waals surface area (Å²) in [7, 11) is -3.81. The van der Waals surface area contributed by atoms with Crippen LogP contribution >= 0.6 is 0 Å². The molecule has 11 heteroatoms. The van der Waals surface area contributed by atoms with E-state index in [9.17, 15) is 23.4 Å². The Labute approximate surface area is 215 Å². The number of aliphatic hydroxyl groups excluding tert-OH is 1. The lowest BCUT2D eigenvalue weighted by Gasteiger charge is -2.28. The summed E-state index contributed by atoms with van der Waals surface area (Å²) >= 11 is 0. The van der Waals surface area contributed by atoms with E-state index in [1.165, 1.54) is 18.2 Å². The second kappa shape index (κ2) is 10.7. The standard InChI is InChI=1S/C26H29N5O5S/c1-26(2,14-15-31-17-27-21-12-13-22(25(33)34)29-24(21)31)28-16-23(32)19-10-6-7-11-20(19)30-37(35,36)18-8-4-3-5-9-18/h3-13,17,23,28,30,32H,14-16H2,1-2H3,(H,33,34). The first kappa shape index (κ1) is 26.3. The molecular weight excluding hydrogens is 494 g/mol. The topological polar surface area (TPSA) is 146 Å². The molecule has 4 rings (SSSR count). The largest absolute Gasteiger partial charge is 0.477 e. The van der Waals surface area contributed by atoms with Crippen molar-refractivity contribution in [2.75, 3.05) is 11.3 Å². The minimum Gasteiger partial charge on any atom is -0.477 e. The highest BCUT2D eigenvalue weighted by Crippen LogP contribution is 2.26. The average Bonchev–Trinajstić information content (AvgIpc) is 3.29. The Morgan fingerprint density at radius 3 is 2.49 bits per heavy atom. The van der Waals surface area contributed by atoms with Crippen molar-refractivity contribution < 1.29 is 23.4 Å². The van der Waals surface area contributed by atoms with Crippen LogP contribution in [0.25, 0.3) is 11.2 Å². The van der Waals surface area contributed by atoms with Crippen LogP contribution in [0.3, 0.4) is 0 Å². The molecule has 0 aliphatic carbocycles. The van der Waals surface area contributed by atoms with Crippen LogP contribution in [0.1, 0.15) is 42.4 Å². The number of rotatable bonds is 11. The first-order valence-corrected chi connectivity index (χ1v) is 13.2. The fourth-order valence-electron chi connectivity index (χ4n) is 3.88. The number of benzene rings is 2. The molecule has 0 spiro atoms. The summed E-state index contributed by atoms with van der Waals surface area (Å²) in [6.07, 6.45) is 1.29. The Morgan fingerprint density at radius 2 is 1.76 bits per heavy atom. The van der Waals surface area contributed by atoms with Crippen molar-refractivity contribution in [1.82, 2.24) is 19.9 Å². The highest BCUT2D eigenvalue weighted by Gasteiger charge is 2.23. The van der Waals surface area contributed by atoms with E-state index in [4.69, 9.17) is 0 Å². The Bertz CT molecular complexity index is 1500. The Balaban J connectivity index is 1.41. The molecule has 4 N–H and O–H groups in total. The van der Waals surface area contributed by atoms with E-state index in [1.807, 2.05) is 13.8 Å². The Hall–Kier alpha value is -3.80. The van der Waals surface area contributed by atoms with Gasteiger partial charge in [-0.15, -0.1) is 0 Å². The van der Waals surface area contributed by atoms with Gasteiger partial charge >= 0.3 is 5.97 Å². The number of aryl methyl sites for hydroxylation is 1. The number of nitrogens with one attached hydrogen (secondary N) is 2. The molecule has 1 atom stereocenters. The van der Waals surface area contributed by atoms with E-state index < -0.39 is 27.6 Å². The molecule has 0 amide bonds. The minimum absolute atomic E-state index is 0.0451. The van der Waals surface area contributed by atoms with Gasteiger partial charge in [0.1, 0.15) is 5.52 Å². The van der Waals surface area contributed by atoms with E-state index in [0.717, 1.165) is 0 Å². The predicted molar refractivity (Wildman–Crippen MR) is 140 cm³/mol. The lowest BCUT2D eigenvalue weighted by atomic mass is 9.99. The number of carbonyl (C=O) groups is 1. The molecule has 0 aliphatic rings. The quantitative estimate of drug-likeness (QED) is 0.234. The van der Waals surface area contributed by atoms with Crippen LogP contribution in [0.5, 0.6) is 0 Å². The zero-order chi connectivity index (χ0) is 26.6. The summed E-state index contributed by atoms with van der Waals surface area (Å²) in [5, 5.41) is 23.5. The van der Waals surface area contributed by atoms with Gasteiger partial charge in [0.15, 0.2) is 11.3 Å². The molecule has 4 aromatic rings. The van der Waals surface area contributed by atoms with Gasteiger partial charge in [-0.2, -0.15) is 0 Å². The van der Waals surface area contributed by atoms with Gasteiger partial charge in [-0.1, -0.05) is 36.4 Å². The minimum atomic E-state index is -3.81. The molecule has 0 radical (unpaired) electrons. The Kier molecular flexibility index (Phi) is 7.58. The fraction of sp³-hybridized carbons (Fsp3) is 0.269. The molecule has 10 nitrogen and oxygen atoms in total. The number of aromatic nitrogens is 3. The van der Waals surface area contributed by atoms with Crippen LogP contribution < -0.4 is 10.0 Å². The molecule has 0 saturated carbocycles. The van der Waals surface area contributed by atoms with Gasteiger partial charge in [0, 0.05) is 24.2 Å². The van der Waals surface area contributed by atoms with Crippen molar-refractivity contribution in [3.63, 3.8) is 0 Å². The summed E-state index contributed by atoms with van der Waals surface area (Å²) in [6, 6.07) is 17.9. The molecule has 2 heterocycles. The zero-order valence-electron chi connectivity index (χ0n) is 20.5. The number of aromatic carboxylic acids is 1. The molecular formula is C26H29N5O5S. The van der Waals surface area contributed by atoms with E-state index in [0.29, 0.717) is 35.4 Å². The van der Waals surface area contributed by atoms with Crippen LogP contribution in [-0.2, 0) is 16.6 Å². The van der Waals surface area contributed by atoms with E-state index in [-0.39, 0.29) is 17.1 Å². The number of nitrogens with zero attached hydrogens (tertiary/aromatic N) is 3. The first-order valence-electron chi connectivity index (χ1n) is 11.7. The maximum Gasteiger partial charge on any atom is 0.354 e. The summed E-state index contributed by atoms with van der Waals surface area (Å²) < 4.78 is 30.0. The van der Waals surface area contributed by atoms with Crippen molar-refractivity contribution in [3.8, 4) is 0 Å². The van der Waals surface area contributed by atoms with Crippen molar-refractivity contribution in [2.45, 2.75) is 43.4 Å². The number of fused-ring (bicyclic) bond motifs is 1. The van der Waals surface area contributed by atoms with Gasteiger partial charge in [0.05, 0.1) is 23.0 Å². The molecule has 194 valence electrons. The van der Waals surface area contributed by atoms with Gasteiger partial charge < -0.3 is 20.1 Å². The maximum atomic E-state index is 12.8. The van der Waals surface area contributed by atoms with Crippen LogP contribution in [-0.4, -0.2) is 51.2 Å². The lowest BCUT2D eigenvalue weighted by molar-refractivity contribution is 0.0690. The highest BCUT2D eigenvalue weighted by molar-refractivity contribution is 7.92. The molecule has 0 bridgehead atoms.